The van der Waals surface area contributed by atoms with E-state index in [-0.39, 0.29) is 0 Å². The van der Waals surface area contributed by atoms with Gasteiger partial charge in [-0.05, 0) is 33.8 Å². The number of fused-ring (bicyclic) bond motifs is 1. The molecule has 98 valence electrons. The van der Waals surface area contributed by atoms with Gasteiger partial charge in [-0.3, -0.25) is 0 Å². The fourth-order valence-corrected chi connectivity index (χ4v) is 2.81. The van der Waals surface area contributed by atoms with Crippen molar-refractivity contribution in [3.63, 3.8) is 0 Å². The third-order valence-electron chi connectivity index (χ3n) is 2.80. The van der Waals surface area contributed by atoms with Crippen LogP contribution < -0.4 is 5.32 Å². The topological polar surface area (TPSA) is 47.0 Å². The summed E-state index contributed by atoms with van der Waals surface area (Å²) in [6.07, 6.45) is 0. The normalized spacial score (nSPS) is 12.1. The van der Waals surface area contributed by atoms with Gasteiger partial charge in [0.05, 0.1) is 5.39 Å². The molecule has 1 N–H and O–H groups in total. The monoisotopic (exact) mass is 265 g/mol. The number of aromatic nitrogens is 2. The lowest BCUT2D eigenvalue weighted by molar-refractivity contribution is -0.0204. The second-order valence-electron chi connectivity index (χ2n) is 4.67. The van der Waals surface area contributed by atoms with Crippen LogP contribution in [0.5, 0.6) is 0 Å². The summed E-state index contributed by atoms with van der Waals surface area (Å²) in [5, 5.41) is 4.22. The Bertz CT molecular complexity index is 563. The molecule has 0 atom stereocenters. The summed E-state index contributed by atoms with van der Waals surface area (Å²) in [5.74, 6) is 1.59. The van der Waals surface area contributed by atoms with Crippen LogP contribution in [0.1, 0.15) is 31.5 Å². The summed E-state index contributed by atoms with van der Waals surface area (Å²) in [5.41, 5.74) is -0.466. The first-order chi connectivity index (χ1) is 8.47. The molecule has 0 radical (unpaired) electrons. The van der Waals surface area contributed by atoms with Crippen molar-refractivity contribution in [2.45, 2.75) is 33.3 Å². The van der Waals surface area contributed by atoms with E-state index in [4.69, 9.17) is 4.74 Å². The number of nitrogens with zero attached hydrogens (tertiary/aromatic N) is 2. The van der Waals surface area contributed by atoms with E-state index < -0.39 is 5.60 Å². The van der Waals surface area contributed by atoms with Gasteiger partial charge in [-0.1, -0.05) is 0 Å². The number of hydrogen-bond acceptors (Lipinski definition) is 5. The average Bonchev–Trinajstić information content (AvgIpc) is 2.67. The van der Waals surface area contributed by atoms with Crippen LogP contribution in [0.15, 0.2) is 6.07 Å². The molecule has 0 amide bonds. The van der Waals surface area contributed by atoms with Gasteiger partial charge >= 0.3 is 0 Å². The zero-order valence-electron chi connectivity index (χ0n) is 11.5. The molecule has 2 aromatic heterocycles. The van der Waals surface area contributed by atoms with Crippen molar-refractivity contribution >= 4 is 27.4 Å². The van der Waals surface area contributed by atoms with E-state index in [9.17, 15) is 0 Å². The van der Waals surface area contributed by atoms with Crippen LogP contribution >= 0.6 is 11.3 Å². The lowest BCUT2D eigenvalue weighted by Crippen LogP contribution is -2.25. The third-order valence-corrected chi connectivity index (χ3v) is 3.74. The summed E-state index contributed by atoms with van der Waals surface area (Å²) < 4.78 is 5.72. The summed E-state index contributed by atoms with van der Waals surface area (Å²) in [7, 11) is 1.88. The number of aryl methyl sites for hydroxylation is 1. The van der Waals surface area contributed by atoms with Crippen molar-refractivity contribution in [1.29, 1.82) is 0 Å². The van der Waals surface area contributed by atoms with Crippen LogP contribution in [0.3, 0.4) is 0 Å². The van der Waals surface area contributed by atoms with Gasteiger partial charge in [-0.2, -0.15) is 0 Å². The Morgan fingerprint density at radius 3 is 2.72 bits per heavy atom. The summed E-state index contributed by atoms with van der Waals surface area (Å²) in [4.78, 5) is 11.5. The Morgan fingerprint density at radius 2 is 2.11 bits per heavy atom. The van der Waals surface area contributed by atoms with Crippen molar-refractivity contribution in [2.75, 3.05) is 19.0 Å². The van der Waals surface area contributed by atoms with E-state index in [1.807, 2.05) is 27.8 Å². The summed E-state index contributed by atoms with van der Waals surface area (Å²) in [6, 6.07) is 2.11. The highest BCUT2D eigenvalue weighted by Crippen LogP contribution is 2.31. The second kappa shape index (κ2) is 4.82. The van der Waals surface area contributed by atoms with Gasteiger partial charge < -0.3 is 10.1 Å². The molecule has 5 heteroatoms. The molecule has 18 heavy (non-hydrogen) atoms. The molecule has 0 aliphatic rings. The molecule has 2 heterocycles. The van der Waals surface area contributed by atoms with E-state index >= 15 is 0 Å². The van der Waals surface area contributed by atoms with E-state index in [1.54, 1.807) is 11.3 Å². The molecule has 4 nitrogen and oxygen atoms in total. The highest BCUT2D eigenvalue weighted by Gasteiger charge is 2.26. The second-order valence-corrected chi connectivity index (χ2v) is 5.90. The molecular formula is C13H19N3OS. The molecule has 0 bridgehead atoms. The van der Waals surface area contributed by atoms with E-state index in [1.165, 1.54) is 4.88 Å². The van der Waals surface area contributed by atoms with Crippen molar-refractivity contribution in [1.82, 2.24) is 9.97 Å². The van der Waals surface area contributed by atoms with Crippen molar-refractivity contribution in [3.05, 3.63) is 16.8 Å². The number of anilines is 1. The highest BCUT2D eigenvalue weighted by atomic mass is 32.1. The van der Waals surface area contributed by atoms with Gasteiger partial charge in [0.25, 0.3) is 0 Å². The first kappa shape index (κ1) is 13.2. The van der Waals surface area contributed by atoms with Gasteiger partial charge in [0.15, 0.2) is 5.82 Å². The van der Waals surface area contributed by atoms with E-state index in [2.05, 4.69) is 28.3 Å². The maximum atomic E-state index is 5.72. The molecule has 0 aromatic carbocycles. The van der Waals surface area contributed by atoms with Crippen LogP contribution in [-0.4, -0.2) is 23.6 Å². The summed E-state index contributed by atoms with van der Waals surface area (Å²) >= 11 is 1.68. The van der Waals surface area contributed by atoms with E-state index in [0.29, 0.717) is 6.61 Å². The molecule has 0 aliphatic heterocycles. The molecule has 0 spiro atoms. The number of ether oxygens (including phenoxy) is 1. The predicted molar refractivity (Wildman–Crippen MR) is 76.4 cm³/mol. The lowest BCUT2D eigenvalue weighted by atomic mass is 10.1. The SMILES string of the molecule is CCOC(C)(C)c1nc(NC)c2cc(C)sc2n1. The third kappa shape index (κ3) is 2.33. The predicted octanol–water partition coefficient (Wildman–Crippen LogP) is 3.31. The maximum Gasteiger partial charge on any atom is 0.163 e. The Morgan fingerprint density at radius 1 is 1.39 bits per heavy atom. The van der Waals surface area contributed by atoms with Crippen molar-refractivity contribution in [3.8, 4) is 0 Å². The minimum atomic E-state index is -0.466. The van der Waals surface area contributed by atoms with Crippen LogP contribution in [0, 0.1) is 6.92 Å². The molecule has 0 saturated heterocycles. The lowest BCUT2D eigenvalue weighted by Gasteiger charge is -2.23. The number of rotatable bonds is 4. The van der Waals surface area contributed by atoms with Crippen LogP contribution in [-0.2, 0) is 10.3 Å². The first-order valence-electron chi connectivity index (χ1n) is 6.08. The highest BCUT2D eigenvalue weighted by molar-refractivity contribution is 7.18. The molecule has 0 fully saturated rings. The fraction of sp³-hybridized carbons (Fsp3) is 0.538. The molecule has 0 aliphatic carbocycles. The van der Waals surface area contributed by atoms with Crippen LogP contribution in [0.4, 0.5) is 5.82 Å². The molecular weight excluding hydrogens is 246 g/mol. The minimum absolute atomic E-state index is 0.466. The van der Waals surface area contributed by atoms with Crippen LogP contribution in [0.25, 0.3) is 10.2 Å². The average molecular weight is 265 g/mol. The smallest absolute Gasteiger partial charge is 0.163 e. The Kier molecular flexibility index (Phi) is 3.54. The largest absolute Gasteiger partial charge is 0.372 e. The Hall–Kier alpha value is -1.20. The molecule has 2 aromatic rings. The zero-order valence-corrected chi connectivity index (χ0v) is 12.3. The fourth-order valence-electron chi connectivity index (χ4n) is 1.93. The molecule has 0 unspecified atom stereocenters. The Labute approximate surface area is 111 Å². The standard InChI is InChI=1S/C13H19N3OS/c1-6-17-13(3,4)12-15-10(14-5)9-7-8(2)18-11(9)16-12/h7H,6H2,1-5H3,(H,14,15,16). The van der Waals surface area contributed by atoms with Crippen molar-refractivity contribution < 1.29 is 4.74 Å². The van der Waals surface area contributed by atoms with Gasteiger partial charge in [0, 0.05) is 18.5 Å². The zero-order chi connectivity index (χ0) is 13.3. The van der Waals surface area contributed by atoms with E-state index in [0.717, 1.165) is 21.9 Å². The number of thiophene rings is 1. The van der Waals surface area contributed by atoms with Gasteiger partial charge in [-0.25, -0.2) is 9.97 Å². The minimum Gasteiger partial charge on any atom is -0.372 e. The summed E-state index contributed by atoms with van der Waals surface area (Å²) in [6.45, 7) is 8.70. The van der Waals surface area contributed by atoms with Crippen molar-refractivity contribution in [2.24, 2.45) is 0 Å². The van der Waals surface area contributed by atoms with Gasteiger partial charge in [0.1, 0.15) is 16.2 Å². The van der Waals surface area contributed by atoms with Crippen LogP contribution in [0.2, 0.25) is 0 Å². The molecule has 0 saturated carbocycles. The quantitative estimate of drug-likeness (QED) is 0.921. The Balaban J connectivity index is 2.59. The van der Waals surface area contributed by atoms with Gasteiger partial charge in [0.2, 0.25) is 0 Å². The van der Waals surface area contributed by atoms with Gasteiger partial charge in [-0.15, -0.1) is 11.3 Å². The number of nitrogens with one attached hydrogen (secondary N) is 1. The first-order valence-corrected chi connectivity index (χ1v) is 6.90. The molecule has 2 rings (SSSR count). The maximum absolute atomic E-state index is 5.72. The number of hydrogen-bond donors (Lipinski definition) is 1.